The van der Waals surface area contributed by atoms with Crippen molar-refractivity contribution < 1.29 is 14.6 Å². The minimum absolute atomic E-state index is 0.0200. The standard InChI is InChI=1S/C15H16BrNO3/c16-13-1-2-14-11(6-13)5-12(9-20-14)15(19)17-4-3-10(7-17)8-18/h1-2,5-6,10,18H,3-4,7-9H2. The van der Waals surface area contributed by atoms with E-state index in [0.29, 0.717) is 25.3 Å². The van der Waals surface area contributed by atoms with E-state index in [0.717, 1.165) is 22.2 Å². The third-order valence-electron chi connectivity index (χ3n) is 3.79. The van der Waals surface area contributed by atoms with E-state index in [9.17, 15) is 4.79 Å². The summed E-state index contributed by atoms with van der Waals surface area (Å²) in [5.74, 6) is 1.04. The maximum absolute atomic E-state index is 12.4. The monoisotopic (exact) mass is 337 g/mol. The molecular weight excluding hydrogens is 322 g/mol. The molecule has 1 fully saturated rings. The number of aliphatic hydroxyl groups is 1. The molecule has 1 aromatic rings. The molecule has 1 aromatic carbocycles. The van der Waals surface area contributed by atoms with Crippen LogP contribution in [0.4, 0.5) is 0 Å². The lowest BCUT2D eigenvalue weighted by Crippen LogP contribution is -2.32. The number of hydrogen-bond donors (Lipinski definition) is 1. The van der Waals surface area contributed by atoms with Crippen LogP contribution in [-0.2, 0) is 4.79 Å². The highest BCUT2D eigenvalue weighted by atomic mass is 79.9. The zero-order valence-electron chi connectivity index (χ0n) is 11.0. The molecule has 4 nitrogen and oxygen atoms in total. The van der Waals surface area contributed by atoms with Gasteiger partial charge in [-0.3, -0.25) is 4.79 Å². The van der Waals surface area contributed by atoms with E-state index in [4.69, 9.17) is 9.84 Å². The smallest absolute Gasteiger partial charge is 0.253 e. The molecular formula is C15H16BrNO3. The Morgan fingerprint density at radius 1 is 1.50 bits per heavy atom. The maximum atomic E-state index is 12.4. The molecule has 1 saturated heterocycles. The molecule has 1 N–H and O–H groups in total. The van der Waals surface area contributed by atoms with Gasteiger partial charge in [0.15, 0.2) is 0 Å². The first kappa shape index (κ1) is 13.6. The SMILES string of the molecule is O=C(C1=Cc2cc(Br)ccc2OC1)N1CCC(CO)C1. The van der Waals surface area contributed by atoms with Gasteiger partial charge in [-0.1, -0.05) is 15.9 Å². The van der Waals surface area contributed by atoms with Crippen LogP contribution in [0.5, 0.6) is 5.75 Å². The summed E-state index contributed by atoms with van der Waals surface area (Å²) >= 11 is 3.42. The predicted octanol–water partition coefficient (Wildman–Crippen LogP) is 2.07. The number of likely N-dealkylation sites (tertiary alicyclic amines) is 1. The number of benzene rings is 1. The molecule has 0 bridgehead atoms. The first-order valence-electron chi connectivity index (χ1n) is 6.70. The topological polar surface area (TPSA) is 49.8 Å². The Hall–Kier alpha value is -1.33. The summed E-state index contributed by atoms with van der Waals surface area (Å²) in [6, 6.07) is 5.77. The molecule has 1 unspecified atom stereocenters. The fraction of sp³-hybridized carbons (Fsp3) is 0.400. The fourth-order valence-corrected chi connectivity index (χ4v) is 3.02. The highest BCUT2D eigenvalue weighted by Gasteiger charge is 2.29. The normalized spacial score (nSPS) is 21.2. The first-order valence-corrected chi connectivity index (χ1v) is 7.49. The Balaban J connectivity index is 1.79. The lowest BCUT2D eigenvalue weighted by molar-refractivity contribution is -0.126. The lowest BCUT2D eigenvalue weighted by Gasteiger charge is -2.22. The Morgan fingerprint density at radius 2 is 2.35 bits per heavy atom. The molecule has 2 aliphatic rings. The number of nitrogens with zero attached hydrogens (tertiary/aromatic N) is 1. The first-order chi connectivity index (χ1) is 9.67. The summed E-state index contributed by atoms with van der Waals surface area (Å²) in [7, 11) is 0. The van der Waals surface area contributed by atoms with Crippen LogP contribution in [0.1, 0.15) is 12.0 Å². The van der Waals surface area contributed by atoms with E-state index < -0.39 is 0 Å². The second-order valence-corrected chi connectivity index (χ2v) is 6.14. The second-order valence-electron chi connectivity index (χ2n) is 5.23. The van der Waals surface area contributed by atoms with Crippen molar-refractivity contribution in [2.45, 2.75) is 6.42 Å². The van der Waals surface area contributed by atoms with Crippen molar-refractivity contribution in [2.24, 2.45) is 5.92 Å². The van der Waals surface area contributed by atoms with Crippen molar-refractivity contribution in [1.82, 2.24) is 4.90 Å². The molecule has 0 saturated carbocycles. The number of amides is 1. The minimum Gasteiger partial charge on any atom is -0.488 e. The van der Waals surface area contributed by atoms with Crippen LogP contribution in [0, 0.1) is 5.92 Å². The van der Waals surface area contributed by atoms with Gasteiger partial charge < -0.3 is 14.7 Å². The maximum Gasteiger partial charge on any atom is 0.253 e. The summed E-state index contributed by atoms with van der Waals surface area (Å²) in [5.41, 5.74) is 1.60. The number of halogens is 1. The van der Waals surface area contributed by atoms with Gasteiger partial charge in [-0.25, -0.2) is 0 Å². The van der Waals surface area contributed by atoms with Crippen LogP contribution in [0.25, 0.3) is 6.08 Å². The van der Waals surface area contributed by atoms with E-state index in [1.165, 1.54) is 0 Å². The van der Waals surface area contributed by atoms with Gasteiger partial charge in [-0.05, 0) is 30.7 Å². The largest absolute Gasteiger partial charge is 0.488 e. The Bertz CT molecular complexity index is 570. The number of fused-ring (bicyclic) bond motifs is 1. The van der Waals surface area contributed by atoms with E-state index in [1.807, 2.05) is 24.3 Å². The molecule has 0 aromatic heterocycles. The minimum atomic E-state index is 0.0200. The molecule has 2 aliphatic heterocycles. The molecule has 20 heavy (non-hydrogen) atoms. The molecule has 2 heterocycles. The van der Waals surface area contributed by atoms with Gasteiger partial charge in [0, 0.05) is 35.7 Å². The summed E-state index contributed by atoms with van der Waals surface area (Å²) in [4.78, 5) is 14.2. The number of aliphatic hydroxyl groups excluding tert-OH is 1. The average molecular weight is 338 g/mol. The zero-order chi connectivity index (χ0) is 14.1. The fourth-order valence-electron chi connectivity index (χ4n) is 2.64. The van der Waals surface area contributed by atoms with Crippen LogP contribution in [-0.4, -0.2) is 42.2 Å². The molecule has 3 rings (SSSR count). The van der Waals surface area contributed by atoms with E-state index in [1.54, 1.807) is 4.90 Å². The van der Waals surface area contributed by atoms with Gasteiger partial charge in [0.1, 0.15) is 12.4 Å². The van der Waals surface area contributed by atoms with Gasteiger partial charge >= 0.3 is 0 Å². The van der Waals surface area contributed by atoms with Crippen molar-refractivity contribution in [1.29, 1.82) is 0 Å². The second kappa shape index (κ2) is 5.58. The van der Waals surface area contributed by atoms with Gasteiger partial charge in [-0.2, -0.15) is 0 Å². The quantitative estimate of drug-likeness (QED) is 0.898. The van der Waals surface area contributed by atoms with Gasteiger partial charge in [-0.15, -0.1) is 0 Å². The Kier molecular flexibility index (Phi) is 3.81. The third-order valence-corrected chi connectivity index (χ3v) is 4.28. The Morgan fingerprint density at radius 3 is 3.10 bits per heavy atom. The van der Waals surface area contributed by atoms with Crippen molar-refractivity contribution >= 4 is 27.9 Å². The van der Waals surface area contributed by atoms with E-state index in [2.05, 4.69) is 15.9 Å². The number of carbonyl (C=O) groups is 1. The molecule has 1 atom stereocenters. The van der Waals surface area contributed by atoms with Gasteiger partial charge in [0.05, 0.1) is 5.57 Å². The van der Waals surface area contributed by atoms with Crippen molar-refractivity contribution in [3.8, 4) is 5.75 Å². The van der Waals surface area contributed by atoms with Gasteiger partial charge in [0.25, 0.3) is 5.91 Å². The summed E-state index contributed by atoms with van der Waals surface area (Å²) in [6.07, 6.45) is 2.77. The number of rotatable bonds is 2. The molecule has 1 amide bonds. The highest BCUT2D eigenvalue weighted by molar-refractivity contribution is 9.10. The summed E-state index contributed by atoms with van der Waals surface area (Å²) in [5, 5.41) is 9.15. The molecule has 5 heteroatoms. The number of ether oxygens (including phenoxy) is 1. The molecule has 0 aliphatic carbocycles. The highest BCUT2D eigenvalue weighted by Crippen LogP contribution is 2.30. The van der Waals surface area contributed by atoms with Crippen molar-refractivity contribution in [3.63, 3.8) is 0 Å². The molecule has 0 spiro atoms. The van der Waals surface area contributed by atoms with Crippen LogP contribution in [0.15, 0.2) is 28.2 Å². The van der Waals surface area contributed by atoms with E-state index >= 15 is 0 Å². The van der Waals surface area contributed by atoms with Crippen molar-refractivity contribution in [2.75, 3.05) is 26.3 Å². The number of carbonyl (C=O) groups excluding carboxylic acids is 1. The van der Waals surface area contributed by atoms with Crippen LogP contribution < -0.4 is 4.74 Å². The van der Waals surface area contributed by atoms with Crippen molar-refractivity contribution in [3.05, 3.63) is 33.8 Å². The Labute approximate surface area is 126 Å². The molecule has 0 radical (unpaired) electrons. The van der Waals surface area contributed by atoms with Crippen LogP contribution in [0.3, 0.4) is 0 Å². The molecule has 106 valence electrons. The van der Waals surface area contributed by atoms with Crippen LogP contribution in [0.2, 0.25) is 0 Å². The zero-order valence-corrected chi connectivity index (χ0v) is 12.6. The average Bonchev–Trinajstić information content (AvgIpc) is 2.94. The predicted molar refractivity (Wildman–Crippen MR) is 79.4 cm³/mol. The summed E-state index contributed by atoms with van der Waals surface area (Å²) < 4.78 is 6.60. The van der Waals surface area contributed by atoms with E-state index in [-0.39, 0.29) is 18.4 Å². The number of hydrogen-bond acceptors (Lipinski definition) is 3. The lowest BCUT2D eigenvalue weighted by atomic mass is 10.1. The van der Waals surface area contributed by atoms with Gasteiger partial charge in [0.2, 0.25) is 0 Å². The van der Waals surface area contributed by atoms with Crippen LogP contribution >= 0.6 is 15.9 Å². The third kappa shape index (κ3) is 2.60. The summed E-state index contributed by atoms with van der Waals surface area (Å²) in [6.45, 7) is 1.81.